The Morgan fingerprint density at radius 2 is 1.96 bits per heavy atom. The molecule has 0 fully saturated rings. The van der Waals surface area contributed by atoms with Crippen molar-refractivity contribution in [1.82, 2.24) is 0 Å². The Morgan fingerprint density at radius 3 is 2.71 bits per heavy atom. The van der Waals surface area contributed by atoms with E-state index in [0.29, 0.717) is 16.1 Å². The molecule has 0 saturated carbocycles. The van der Waals surface area contributed by atoms with Crippen LogP contribution in [0.4, 0.5) is 5.69 Å². The van der Waals surface area contributed by atoms with Crippen LogP contribution in [0.25, 0.3) is 0 Å². The van der Waals surface area contributed by atoms with Crippen molar-refractivity contribution in [3.8, 4) is 0 Å². The molecule has 1 aliphatic rings. The van der Waals surface area contributed by atoms with E-state index in [4.69, 9.17) is 16.3 Å². The molecule has 0 aliphatic carbocycles. The summed E-state index contributed by atoms with van der Waals surface area (Å²) in [5.74, 6) is -2.67. The monoisotopic (exact) mass is 344 g/mol. The average Bonchev–Trinajstić information content (AvgIpc) is 2.55. The number of ether oxygens (including phenoxy) is 1. The summed E-state index contributed by atoms with van der Waals surface area (Å²) in [6, 6.07) is 10.6. The summed E-state index contributed by atoms with van der Waals surface area (Å²) in [7, 11) is 0. The van der Waals surface area contributed by atoms with Crippen molar-refractivity contribution in [1.29, 1.82) is 0 Å². The summed E-state index contributed by atoms with van der Waals surface area (Å²) in [6.07, 6.45) is -0.877. The fourth-order valence-corrected chi connectivity index (χ4v) is 2.65. The Kier molecular flexibility index (Phi) is 4.22. The summed E-state index contributed by atoms with van der Waals surface area (Å²) in [5, 5.41) is 13.9. The number of aromatic carboxylic acids is 1. The number of carboxylic acid groups (broad SMARTS) is 1. The van der Waals surface area contributed by atoms with E-state index in [1.165, 1.54) is 24.3 Å². The van der Waals surface area contributed by atoms with E-state index in [1.807, 2.05) is 0 Å². The molecule has 1 N–H and O–H groups in total. The van der Waals surface area contributed by atoms with Gasteiger partial charge in [0.1, 0.15) is 0 Å². The molecule has 1 heterocycles. The molecule has 0 spiro atoms. The van der Waals surface area contributed by atoms with Gasteiger partial charge in [-0.05, 0) is 23.8 Å². The number of fused-ring (bicyclic) bond motifs is 1. The third kappa shape index (κ3) is 3.09. The molecule has 7 heteroatoms. The minimum atomic E-state index is -1.41. The van der Waals surface area contributed by atoms with Crippen LogP contribution in [-0.2, 0) is 16.0 Å². The standard InChI is InChI=1S/C17H12ClNO5/c18-10-6-5-9-7-14(24-17(23)12(9)8-10)15(20)19-13-4-2-1-3-11(13)16(21)22/h1-6,8,14H,7H2,(H,19,20)(H,21,22)/p-1/t14-/m1/s1. The lowest BCUT2D eigenvalue weighted by Crippen LogP contribution is -2.38. The number of carbonyl (C=O) groups is 3. The lowest BCUT2D eigenvalue weighted by molar-refractivity contribution is -0.254. The van der Waals surface area contributed by atoms with Gasteiger partial charge in [0, 0.05) is 22.7 Å². The SMILES string of the molecule is O=C1O[C@@H](C(=O)Nc2ccccc2C(=O)[O-])Cc2ccc(Cl)cc21. The molecule has 6 nitrogen and oxygen atoms in total. The van der Waals surface area contributed by atoms with Gasteiger partial charge in [0.05, 0.1) is 11.5 Å². The van der Waals surface area contributed by atoms with E-state index in [0.717, 1.165) is 0 Å². The number of para-hydroxylation sites is 1. The summed E-state index contributed by atoms with van der Waals surface area (Å²) in [6.45, 7) is 0. The Hall–Kier alpha value is -2.86. The predicted octanol–water partition coefficient (Wildman–Crippen LogP) is 1.42. The fraction of sp³-hybridized carbons (Fsp3) is 0.118. The Labute approximate surface area is 142 Å². The topological polar surface area (TPSA) is 95.5 Å². The van der Waals surface area contributed by atoms with Crippen molar-refractivity contribution in [2.75, 3.05) is 5.32 Å². The number of amides is 1. The zero-order chi connectivity index (χ0) is 17.3. The van der Waals surface area contributed by atoms with E-state index in [1.54, 1.807) is 18.2 Å². The van der Waals surface area contributed by atoms with Crippen LogP contribution in [0.2, 0.25) is 5.02 Å². The van der Waals surface area contributed by atoms with Crippen molar-refractivity contribution in [3.63, 3.8) is 0 Å². The van der Waals surface area contributed by atoms with E-state index in [9.17, 15) is 19.5 Å². The number of nitrogens with one attached hydrogen (secondary N) is 1. The van der Waals surface area contributed by atoms with E-state index in [2.05, 4.69) is 5.32 Å². The molecule has 122 valence electrons. The van der Waals surface area contributed by atoms with Gasteiger partial charge in [0.2, 0.25) is 0 Å². The predicted molar refractivity (Wildman–Crippen MR) is 83.8 cm³/mol. The summed E-state index contributed by atoms with van der Waals surface area (Å²) < 4.78 is 5.13. The van der Waals surface area contributed by atoms with Crippen LogP contribution < -0.4 is 10.4 Å². The molecule has 0 radical (unpaired) electrons. The summed E-state index contributed by atoms with van der Waals surface area (Å²) in [5.41, 5.74) is 0.895. The average molecular weight is 345 g/mol. The van der Waals surface area contributed by atoms with E-state index >= 15 is 0 Å². The van der Waals surface area contributed by atoms with Crippen LogP contribution in [0.3, 0.4) is 0 Å². The van der Waals surface area contributed by atoms with Gasteiger partial charge in [-0.2, -0.15) is 0 Å². The molecular formula is C17H11ClNO5-. The fourth-order valence-electron chi connectivity index (χ4n) is 2.48. The maximum atomic E-state index is 12.3. The van der Waals surface area contributed by atoms with E-state index < -0.39 is 23.9 Å². The third-order valence-electron chi connectivity index (χ3n) is 3.64. The Balaban J connectivity index is 1.81. The highest BCUT2D eigenvalue weighted by Gasteiger charge is 2.31. The molecule has 1 atom stereocenters. The first-order valence-corrected chi connectivity index (χ1v) is 7.44. The number of hydrogen-bond acceptors (Lipinski definition) is 5. The maximum absolute atomic E-state index is 12.3. The van der Waals surface area contributed by atoms with Crippen molar-refractivity contribution >= 4 is 35.1 Å². The van der Waals surface area contributed by atoms with E-state index in [-0.39, 0.29) is 17.7 Å². The minimum Gasteiger partial charge on any atom is -0.545 e. The highest BCUT2D eigenvalue weighted by molar-refractivity contribution is 6.31. The molecule has 0 saturated heterocycles. The first-order chi connectivity index (χ1) is 11.5. The second kappa shape index (κ2) is 6.33. The number of esters is 1. The summed E-state index contributed by atoms with van der Waals surface area (Å²) >= 11 is 5.85. The third-order valence-corrected chi connectivity index (χ3v) is 3.88. The first kappa shape index (κ1) is 16.0. The lowest BCUT2D eigenvalue weighted by atomic mass is 9.98. The van der Waals surface area contributed by atoms with Crippen LogP contribution in [0.15, 0.2) is 42.5 Å². The molecule has 2 aromatic carbocycles. The van der Waals surface area contributed by atoms with Crippen LogP contribution in [0.5, 0.6) is 0 Å². The molecule has 0 unspecified atom stereocenters. The highest BCUT2D eigenvalue weighted by Crippen LogP contribution is 2.25. The lowest BCUT2D eigenvalue weighted by Gasteiger charge is -2.24. The normalized spacial score (nSPS) is 16.0. The molecule has 1 aliphatic heterocycles. The van der Waals surface area contributed by atoms with Gasteiger partial charge in [-0.25, -0.2) is 4.79 Å². The Bertz CT molecular complexity index is 849. The number of cyclic esters (lactones) is 1. The minimum absolute atomic E-state index is 0.0838. The molecule has 24 heavy (non-hydrogen) atoms. The molecule has 1 amide bonds. The van der Waals surface area contributed by atoms with Gasteiger partial charge in [0.25, 0.3) is 5.91 Å². The maximum Gasteiger partial charge on any atom is 0.339 e. The number of halogens is 1. The van der Waals surface area contributed by atoms with Gasteiger partial charge in [-0.1, -0.05) is 35.9 Å². The van der Waals surface area contributed by atoms with Crippen LogP contribution in [0, 0.1) is 0 Å². The number of rotatable bonds is 3. The van der Waals surface area contributed by atoms with Gasteiger partial charge >= 0.3 is 5.97 Å². The molecule has 0 bridgehead atoms. The molecule has 2 aromatic rings. The number of carboxylic acids is 1. The van der Waals surface area contributed by atoms with Crippen molar-refractivity contribution in [2.24, 2.45) is 0 Å². The zero-order valence-corrected chi connectivity index (χ0v) is 13.0. The van der Waals surface area contributed by atoms with Gasteiger partial charge in [-0.3, -0.25) is 4.79 Å². The van der Waals surface area contributed by atoms with Gasteiger partial charge in [-0.15, -0.1) is 0 Å². The van der Waals surface area contributed by atoms with Crippen molar-refractivity contribution < 1.29 is 24.2 Å². The highest BCUT2D eigenvalue weighted by atomic mass is 35.5. The van der Waals surface area contributed by atoms with Crippen LogP contribution in [-0.4, -0.2) is 23.9 Å². The van der Waals surface area contributed by atoms with Crippen molar-refractivity contribution in [2.45, 2.75) is 12.5 Å². The molecule has 0 aromatic heterocycles. The first-order valence-electron chi connectivity index (χ1n) is 7.06. The smallest absolute Gasteiger partial charge is 0.339 e. The zero-order valence-electron chi connectivity index (χ0n) is 12.2. The van der Waals surface area contributed by atoms with Gasteiger partial charge < -0.3 is 20.0 Å². The molecular weight excluding hydrogens is 334 g/mol. The molecule has 3 rings (SSSR count). The van der Waals surface area contributed by atoms with Crippen molar-refractivity contribution in [3.05, 3.63) is 64.2 Å². The second-order valence-electron chi connectivity index (χ2n) is 5.22. The number of carbonyl (C=O) groups excluding carboxylic acids is 3. The number of hydrogen-bond donors (Lipinski definition) is 1. The van der Waals surface area contributed by atoms with Crippen LogP contribution in [0.1, 0.15) is 26.3 Å². The second-order valence-corrected chi connectivity index (χ2v) is 5.66. The number of anilines is 1. The Morgan fingerprint density at radius 1 is 1.21 bits per heavy atom. The number of benzene rings is 2. The quantitative estimate of drug-likeness (QED) is 0.850. The largest absolute Gasteiger partial charge is 0.545 e. The van der Waals surface area contributed by atoms with Gasteiger partial charge in [0.15, 0.2) is 6.10 Å². The summed E-state index contributed by atoms with van der Waals surface area (Å²) in [4.78, 5) is 35.4. The van der Waals surface area contributed by atoms with Crippen LogP contribution >= 0.6 is 11.6 Å².